The maximum Gasteiger partial charge on any atom is 0.193 e. The highest BCUT2D eigenvalue weighted by molar-refractivity contribution is 6.01. The lowest BCUT2D eigenvalue weighted by Gasteiger charge is -2.10. The maximum absolute atomic E-state index is 12.7. The van der Waals surface area contributed by atoms with Crippen molar-refractivity contribution in [3.63, 3.8) is 0 Å². The Morgan fingerprint density at radius 2 is 1.65 bits per heavy atom. The van der Waals surface area contributed by atoms with Crippen molar-refractivity contribution in [1.82, 2.24) is 0 Å². The molecule has 0 aliphatic carbocycles. The zero-order chi connectivity index (χ0) is 21.6. The lowest BCUT2D eigenvalue weighted by molar-refractivity contribution is 0.210. The molecule has 31 heavy (non-hydrogen) atoms. The molecule has 0 radical (unpaired) electrons. The third-order valence-electron chi connectivity index (χ3n) is 4.76. The number of benzene rings is 3. The molecule has 0 aliphatic rings. The van der Waals surface area contributed by atoms with Gasteiger partial charge in [-0.3, -0.25) is 4.79 Å². The summed E-state index contributed by atoms with van der Waals surface area (Å²) in [5, 5.41) is 4.51. The molecule has 6 heteroatoms. The lowest BCUT2D eigenvalue weighted by Crippen LogP contribution is -2.13. The second-order valence-corrected chi connectivity index (χ2v) is 6.74. The molecule has 1 heterocycles. The van der Waals surface area contributed by atoms with Crippen LogP contribution in [0.3, 0.4) is 0 Å². The van der Waals surface area contributed by atoms with Crippen molar-refractivity contribution in [2.45, 2.75) is 0 Å². The minimum Gasteiger partial charge on any atom is -0.497 e. The van der Waals surface area contributed by atoms with Crippen LogP contribution in [0.1, 0.15) is 5.56 Å². The first kappa shape index (κ1) is 20.2. The Kier molecular flexibility index (Phi) is 5.98. The molecular formula is C25H21NO5. The fraction of sp³-hybridized carbons (Fsp3) is 0.120. The summed E-state index contributed by atoms with van der Waals surface area (Å²) in [7, 11) is 3.09. The molecule has 0 aliphatic heterocycles. The average Bonchev–Trinajstić information content (AvgIpc) is 2.82. The van der Waals surface area contributed by atoms with Crippen molar-refractivity contribution < 1.29 is 18.7 Å². The molecule has 156 valence electrons. The number of methoxy groups -OCH3 is 1. The summed E-state index contributed by atoms with van der Waals surface area (Å²) in [6.45, 7) is 0.166. The number of hydrogen-bond donors (Lipinski definition) is 0. The van der Waals surface area contributed by atoms with E-state index in [1.807, 2.05) is 54.6 Å². The van der Waals surface area contributed by atoms with Crippen molar-refractivity contribution >= 4 is 16.7 Å². The second kappa shape index (κ2) is 9.17. The zero-order valence-electron chi connectivity index (χ0n) is 17.2. The Morgan fingerprint density at radius 1 is 0.903 bits per heavy atom. The third kappa shape index (κ3) is 4.59. The van der Waals surface area contributed by atoms with E-state index in [-0.39, 0.29) is 12.0 Å². The molecule has 0 unspecified atom stereocenters. The van der Waals surface area contributed by atoms with Crippen molar-refractivity contribution in [3.8, 4) is 22.8 Å². The molecule has 1 aromatic heterocycles. The molecule has 4 aromatic rings. The van der Waals surface area contributed by atoms with E-state index in [0.717, 1.165) is 16.9 Å². The van der Waals surface area contributed by atoms with Crippen LogP contribution >= 0.6 is 0 Å². The minimum absolute atomic E-state index is 0.133. The maximum atomic E-state index is 12.7. The van der Waals surface area contributed by atoms with E-state index in [4.69, 9.17) is 18.7 Å². The van der Waals surface area contributed by atoms with Gasteiger partial charge in [-0.2, -0.15) is 0 Å². The summed E-state index contributed by atoms with van der Waals surface area (Å²) >= 11 is 0. The largest absolute Gasteiger partial charge is 0.497 e. The van der Waals surface area contributed by atoms with Gasteiger partial charge in [0.15, 0.2) is 5.43 Å². The molecule has 3 aromatic carbocycles. The van der Waals surface area contributed by atoms with Gasteiger partial charge in [0.05, 0.1) is 12.5 Å². The Hall–Kier alpha value is -4.06. The third-order valence-corrected chi connectivity index (χ3v) is 4.76. The smallest absolute Gasteiger partial charge is 0.193 e. The summed E-state index contributed by atoms with van der Waals surface area (Å²) < 4.78 is 17.0. The molecule has 0 saturated heterocycles. The summed E-state index contributed by atoms with van der Waals surface area (Å²) in [6, 6.07) is 23.6. The monoisotopic (exact) mass is 415 g/mol. The predicted octanol–water partition coefficient (Wildman–Crippen LogP) is 4.90. The molecule has 0 saturated carbocycles. The summed E-state index contributed by atoms with van der Waals surface area (Å²) in [4.78, 5) is 17.6. The van der Waals surface area contributed by atoms with Gasteiger partial charge in [-0.25, -0.2) is 0 Å². The van der Waals surface area contributed by atoms with E-state index in [1.54, 1.807) is 25.3 Å². The molecule has 0 spiro atoms. The highest BCUT2D eigenvalue weighted by Gasteiger charge is 2.10. The number of hydrogen-bond acceptors (Lipinski definition) is 6. The molecule has 4 rings (SSSR count). The van der Waals surface area contributed by atoms with Crippen LogP contribution in [0, 0.1) is 0 Å². The Bertz CT molecular complexity index is 1260. The van der Waals surface area contributed by atoms with Crippen LogP contribution < -0.4 is 14.9 Å². The Morgan fingerprint density at radius 3 is 2.35 bits per heavy atom. The molecule has 6 nitrogen and oxygen atoms in total. The number of oxime groups is 1. The lowest BCUT2D eigenvalue weighted by atomic mass is 10.1. The van der Waals surface area contributed by atoms with Crippen molar-refractivity contribution in [2.75, 3.05) is 20.8 Å². The van der Waals surface area contributed by atoms with Gasteiger partial charge in [-0.15, -0.1) is 0 Å². The van der Waals surface area contributed by atoms with E-state index in [0.29, 0.717) is 28.2 Å². The fourth-order valence-electron chi connectivity index (χ4n) is 3.18. The van der Waals surface area contributed by atoms with Gasteiger partial charge >= 0.3 is 0 Å². The first-order valence-corrected chi connectivity index (χ1v) is 9.68. The predicted molar refractivity (Wildman–Crippen MR) is 120 cm³/mol. The standard InChI is InChI=1S/C25H21NO5/c1-28-19-10-8-17(9-11-19)22(26-29-2)16-30-20-12-13-24-21(14-20)23(27)15-25(31-24)18-6-4-3-5-7-18/h3-15H,16H2,1-2H3/b26-22+. The molecule has 0 bridgehead atoms. The number of ether oxygens (including phenoxy) is 2. The van der Waals surface area contributed by atoms with Gasteiger partial charge < -0.3 is 18.7 Å². The molecule has 0 N–H and O–H groups in total. The van der Waals surface area contributed by atoms with Crippen LogP contribution in [0.15, 0.2) is 93.2 Å². The van der Waals surface area contributed by atoms with E-state index in [2.05, 4.69) is 5.16 Å². The fourth-order valence-corrected chi connectivity index (χ4v) is 3.18. The normalized spacial score (nSPS) is 11.4. The van der Waals surface area contributed by atoms with Gasteiger partial charge in [0.25, 0.3) is 0 Å². The van der Waals surface area contributed by atoms with Crippen LogP contribution in [0.2, 0.25) is 0 Å². The number of rotatable bonds is 7. The molecule has 0 fully saturated rings. The zero-order valence-corrected chi connectivity index (χ0v) is 17.2. The van der Waals surface area contributed by atoms with Crippen LogP contribution in [0.25, 0.3) is 22.3 Å². The Balaban J connectivity index is 1.57. The highest BCUT2D eigenvalue weighted by Crippen LogP contribution is 2.24. The van der Waals surface area contributed by atoms with Crippen LogP contribution in [0.4, 0.5) is 0 Å². The van der Waals surface area contributed by atoms with Crippen molar-refractivity contribution in [3.05, 3.63) is 94.6 Å². The summed E-state index contributed by atoms with van der Waals surface area (Å²) in [5.41, 5.74) is 2.67. The van der Waals surface area contributed by atoms with E-state index >= 15 is 0 Å². The minimum atomic E-state index is -0.133. The van der Waals surface area contributed by atoms with Crippen molar-refractivity contribution in [1.29, 1.82) is 0 Å². The SMILES string of the molecule is CO/N=C(\COc1ccc2oc(-c3ccccc3)cc(=O)c2c1)c1ccc(OC)cc1. The molecule has 0 atom stereocenters. The van der Waals surface area contributed by atoms with Gasteiger partial charge in [-0.1, -0.05) is 35.5 Å². The quantitative estimate of drug-likeness (QED) is 0.317. The number of fused-ring (bicyclic) bond motifs is 1. The van der Waals surface area contributed by atoms with Gasteiger partial charge in [0.1, 0.15) is 42.3 Å². The number of nitrogens with zero attached hydrogens (tertiary/aromatic N) is 1. The second-order valence-electron chi connectivity index (χ2n) is 6.74. The summed E-state index contributed by atoms with van der Waals surface area (Å²) in [5.74, 6) is 1.81. The average molecular weight is 415 g/mol. The van der Waals surface area contributed by atoms with Crippen LogP contribution in [-0.2, 0) is 4.84 Å². The molecular weight excluding hydrogens is 394 g/mol. The first-order valence-electron chi connectivity index (χ1n) is 9.68. The molecule has 0 amide bonds. The first-order chi connectivity index (χ1) is 15.2. The summed E-state index contributed by atoms with van der Waals surface area (Å²) in [6.07, 6.45) is 0. The topological polar surface area (TPSA) is 70.3 Å². The van der Waals surface area contributed by atoms with Crippen molar-refractivity contribution in [2.24, 2.45) is 5.16 Å². The van der Waals surface area contributed by atoms with E-state index in [9.17, 15) is 4.79 Å². The van der Waals surface area contributed by atoms with E-state index in [1.165, 1.54) is 13.2 Å². The van der Waals surface area contributed by atoms with Crippen LogP contribution in [-0.4, -0.2) is 26.5 Å². The van der Waals surface area contributed by atoms with Gasteiger partial charge in [0.2, 0.25) is 0 Å². The van der Waals surface area contributed by atoms with Crippen LogP contribution in [0.5, 0.6) is 11.5 Å². The van der Waals surface area contributed by atoms with Gasteiger partial charge in [-0.05, 0) is 42.5 Å². The van der Waals surface area contributed by atoms with E-state index < -0.39 is 0 Å². The highest BCUT2D eigenvalue weighted by atomic mass is 16.6. The Labute approximate surface area is 179 Å². The van der Waals surface area contributed by atoms with Gasteiger partial charge in [0, 0.05) is 17.2 Å².